The quantitative estimate of drug-likeness (QED) is 0.769. The standard InChI is InChI=1S/C16H24O7/c1-8-10(17)6-7-11(19-8)21-12-9(2)20-15(18-5)14-13(12)22-16(3,4)23-14/h6-9,11-15H,1-5H3/t8-,9-,11-,12-,13+,14+,15+/m0/s1. The summed E-state index contributed by atoms with van der Waals surface area (Å²) in [7, 11) is 1.57. The first-order chi connectivity index (χ1) is 10.8. The summed E-state index contributed by atoms with van der Waals surface area (Å²) >= 11 is 0. The molecule has 3 rings (SSSR count). The lowest BCUT2D eigenvalue weighted by molar-refractivity contribution is -0.291. The second-order valence-corrected chi connectivity index (χ2v) is 6.52. The first-order valence-corrected chi connectivity index (χ1v) is 7.87. The molecule has 0 saturated carbocycles. The summed E-state index contributed by atoms with van der Waals surface area (Å²) in [5, 5.41) is 0. The molecule has 23 heavy (non-hydrogen) atoms. The van der Waals surface area contributed by atoms with E-state index < -0.39 is 30.6 Å². The number of fused-ring (bicyclic) bond motifs is 1. The van der Waals surface area contributed by atoms with E-state index in [1.165, 1.54) is 6.08 Å². The summed E-state index contributed by atoms with van der Waals surface area (Å²) in [4.78, 5) is 11.5. The van der Waals surface area contributed by atoms with Crippen LogP contribution in [0.2, 0.25) is 0 Å². The Labute approximate surface area is 135 Å². The topological polar surface area (TPSA) is 72.5 Å². The Bertz CT molecular complexity index is 489. The summed E-state index contributed by atoms with van der Waals surface area (Å²) in [6, 6.07) is 0. The predicted molar refractivity (Wildman–Crippen MR) is 78.5 cm³/mol. The van der Waals surface area contributed by atoms with Crippen molar-refractivity contribution in [1.29, 1.82) is 0 Å². The smallest absolute Gasteiger partial charge is 0.186 e. The molecule has 2 fully saturated rings. The van der Waals surface area contributed by atoms with Crippen molar-refractivity contribution in [3.05, 3.63) is 12.2 Å². The van der Waals surface area contributed by atoms with Crippen LogP contribution < -0.4 is 0 Å². The van der Waals surface area contributed by atoms with E-state index in [-0.39, 0.29) is 24.1 Å². The van der Waals surface area contributed by atoms with Gasteiger partial charge in [0.15, 0.2) is 24.2 Å². The Hall–Kier alpha value is -0.830. The average molecular weight is 328 g/mol. The molecule has 7 heteroatoms. The van der Waals surface area contributed by atoms with Gasteiger partial charge in [-0.3, -0.25) is 4.79 Å². The summed E-state index contributed by atoms with van der Waals surface area (Å²) in [6.07, 6.45) is 0.0278. The number of methoxy groups -OCH3 is 1. The largest absolute Gasteiger partial charge is 0.353 e. The SMILES string of the molecule is CO[C@@H]1O[C@@H](C)[C@H](O[C@H]2C=CC(=O)[C@H](C)O2)[C@H]2OC(C)(C)O[C@@H]12. The molecule has 130 valence electrons. The van der Waals surface area contributed by atoms with Gasteiger partial charge in [0, 0.05) is 7.11 Å². The maximum atomic E-state index is 11.5. The fraction of sp³-hybridized carbons (Fsp3) is 0.812. The van der Waals surface area contributed by atoms with Crippen LogP contribution in [0.3, 0.4) is 0 Å². The minimum absolute atomic E-state index is 0.0725. The van der Waals surface area contributed by atoms with Crippen LogP contribution in [-0.4, -0.2) is 61.8 Å². The molecule has 0 radical (unpaired) electrons. The molecule has 3 heterocycles. The van der Waals surface area contributed by atoms with E-state index in [4.69, 9.17) is 28.4 Å². The first kappa shape index (κ1) is 17.0. The molecule has 0 aromatic heterocycles. The Kier molecular flexibility index (Phi) is 4.61. The Morgan fingerprint density at radius 1 is 1.13 bits per heavy atom. The van der Waals surface area contributed by atoms with Gasteiger partial charge in [-0.1, -0.05) is 0 Å². The van der Waals surface area contributed by atoms with Gasteiger partial charge in [0.05, 0.1) is 6.10 Å². The number of hydrogen-bond acceptors (Lipinski definition) is 7. The minimum Gasteiger partial charge on any atom is -0.353 e. The summed E-state index contributed by atoms with van der Waals surface area (Å²) < 4.78 is 34.7. The highest BCUT2D eigenvalue weighted by molar-refractivity contribution is 5.93. The zero-order chi connectivity index (χ0) is 16.8. The van der Waals surface area contributed by atoms with Gasteiger partial charge >= 0.3 is 0 Å². The van der Waals surface area contributed by atoms with Gasteiger partial charge in [0.25, 0.3) is 0 Å². The molecular formula is C16H24O7. The lowest BCUT2D eigenvalue weighted by atomic mass is 9.99. The maximum absolute atomic E-state index is 11.5. The van der Waals surface area contributed by atoms with Gasteiger partial charge in [-0.25, -0.2) is 0 Å². The minimum atomic E-state index is -0.742. The van der Waals surface area contributed by atoms with Crippen LogP contribution >= 0.6 is 0 Å². The van der Waals surface area contributed by atoms with Gasteiger partial charge in [-0.15, -0.1) is 0 Å². The number of hydrogen-bond donors (Lipinski definition) is 0. The zero-order valence-corrected chi connectivity index (χ0v) is 14.1. The van der Waals surface area contributed by atoms with Crippen LogP contribution in [0.15, 0.2) is 12.2 Å². The summed E-state index contributed by atoms with van der Waals surface area (Å²) in [6.45, 7) is 7.28. The van der Waals surface area contributed by atoms with Gasteiger partial charge in [-0.05, 0) is 39.8 Å². The number of ketones is 1. The second kappa shape index (κ2) is 6.23. The third-order valence-electron chi connectivity index (χ3n) is 4.25. The van der Waals surface area contributed by atoms with Crippen LogP contribution in [0.1, 0.15) is 27.7 Å². The Balaban J connectivity index is 1.76. The van der Waals surface area contributed by atoms with E-state index in [2.05, 4.69) is 0 Å². The molecule has 0 amide bonds. The highest BCUT2D eigenvalue weighted by Crippen LogP contribution is 2.39. The molecule has 0 N–H and O–H groups in total. The first-order valence-electron chi connectivity index (χ1n) is 7.87. The molecule has 2 saturated heterocycles. The monoisotopic (exact) mass is 328 g/mol. The van der Waals surface area contributed by atoms with Crippen LogP contribution in [0.4, 0.5) is 0 Å². The number of ether oxygens (including phenoxy) is 6. The van der Waals surface area contributed by atoms with E-state index in [0.29, 0.717) is 0 Å². The van der Waals surface area contributed by atoms with E-state index in [9.17, 15) is 4.79 Å². The highest BCUT2D eigenvalue weighted by atomic mass is 16.8. The average Bonchev–Trinajstić information content (AvgIpc) is 2.81. The molecule has 7 atom stereocenters. The molecule has 0 spiro atoms. The molecule has 0 aromatic rings. The molecule has 0 bridgehead atoms. The van der Waals surface area contributed by atoms with Crippen molar-refractivity contribution in [1.82, 2.24) is 0 Å². The molecule has 3 aliphatic rings. The van der Waals surface area contributed by atoms with Crippen molar-refractivity contribution < 1.29 is 33.2 Å². The van der Waals surface area contributed by atoms with Crippen molar-refractivity contribution >= 4 is 5.78 Å². The number of carbonyl (C=O) groups excluding carboxylic acids is 1. The molecule has 7 nitrogen and oxygen atoms in total. The van der Waals surface area contributed by atoms with Crippen LogP contribution in [0.25, 0.3) is 0 Å². The molecular weight excluding hydrogens is 304 g/mol. The van der Waals surface area contributed by atoms with Crippen molar-refractivity contribution in [3.63, 3.8) is 0 Å². The van der Waals surface area contributed by atoms with Gasteiger partial charge in [0.1, 0.15) is 24.4 Å². The third kappa shape index (κ3) is 3.35. The van der Waals surface area contributed by atoms with E-state index >= 15 is 0 Å². The van der Waals surface area contributed by atoms with E-state index in [1.54, 1.807) is 20.1 Å². The van der Waals surface area contributed by atoms with Gasteiger partial charge < -0.3 is 28.4 Å². The zero-order valence-electron chi connectivity index (χ0n) is 14.1. The number of rotatable bonds is 3. The number of carbonyl (C=O) groups is 1. The summed E-state index contributed by atoms with van der Waals surface area (Å²) in [5.41, 5.74) is 0. The van der Waals surface area contributed by atoms with Crippen molar-refractivity contribution in [3.8, 4) is 0 Å². The molecule has 3 aliphatic heterocycles. The molecule has 0 aliphatic carbocycles. The maximum Gasteiger partial charge on any atom is 0.186 e. The normalized spacial score (nSPS) is 46.0. The van der Waals surface area contributed by atoms with Gasteiger partial charge in [0.2, 0.25) is 0 Å². The Morgan fingerprint density at radius 3 is 2.48 bits per heavy atom. The fourth-order valence-corrected chi connectivity index (χ4v) is 3.15. The lowest BCUT2D eigenvalue weighted by Crippen LogP contribution is -2.57. The predicted octanol–water partition coefficient (Wildman–Crippen LogP) is 1.15. The lowest BCUT2D eigenvalue weighted by Gasteiger charge is -2.41. The second-order valence-electron chi connectivity index (χ2n) is 6.52. The van der Waals surface area contributed by atoms with Crippen molar-refractivity contribution in [2.45, 2.75) is 76.6 Å². The fourth-order valence-electron chi connectivity index (χ4n) is 3.15. The van der Waals surface area contributed by atoms with Crippen LogP contribution in [-0.2, 0) is 33.2 Å². The van der Waals surface area contributed by atoms with E-state index in [1.807, 2.05) is 20.8 Å². The van der Waals surface area contributed by atoms with E-state index in [0.717, 1.165) is 0 Å². The third-order valence-corrected chi connectivity index (χ3v) is 4.25. The highest BCUT2D eigenvalue weighted by Gasteiger charge is 2.55. The van der Waals surface area contributed by atoms with Crippen molar-refractivity contribution in [2.75, 3.05) is 7.11 Å². The summed E-state index contributed by atoms with van der Waals surface area (Å²) in [5.74, 6) is -0.815. The molecule has 0 unspecified atom stereocenters. The molecule has 0 aromatic carbocycles. The van der Waals surface area contributed by atoms with Gasteiger partial charge in [-0.2, -0.15) is 0 Å². The van der Waals surface area contributed by atoms with Crippen LogP contribution in [0, 0.1) is 0 Å². The Morgan fingerprint density at radius 2 is 1.83 bits per heavy atom. The van der Waals surface area contributed by atoms with Crippen LogP contribution in [0.5, 0.6) is 0 Å². The van der Waals surface area contributed by atoms with Crippen molar-refractivity contribution in [2.24, 2.45) is 0 Å².